The first-order chi connectivity index (χ1) is 9.45. The highest BCUT2D eigenvalue weighted by Gasteiger charge is 2.28. The molecule has 1 heterocycles. The molecule has 0 aromatic heterocycles. The highest BCUT2D eigenvalue weighted by molar-refractivity contribution is 5.87. The summed E-state index contributed by atoms with van der Waals surface area (Å²) >= 11 is 0. The molecule has 3 atom stereocenters. The van der Waals surface area contributed by atoms with E-state index in [1.54, 1.807) is 0 Å². The minimum atomic E-state index is -0.538. The zero-order valence-electron chi connectivity index (χ0n) is 12.4. The van der Waals surface area contributed by atoms with E-state index in [1.807, 2.05) is 24.3 Å². The van der Waals surface area contributed by atoms with Gasteiger partial charge in [-0.3, -0.25) is 0 Å². The Labute approximate surface area is 120 Å². The van der Waals surface area contributed by atoms with Gasteiger partial charge in [0.25, 0.3) is 0 Å². The number of primary amides is 1. The number of anilines is 2. The standard InChI is InChI=1S/C15H24N4O/c1-10-9-19(3)11(2)8-14(10)17-12-4-6-13(7-5-12)18-15(16)20/h4-7,10-11,14,17H,8-9H2,1-3H3,(H3,16,18,20). The van der Waals surface area contributed by atoms with Crippen LogP contribution in [0.3, 0.4) is 0 Å². The first-order valence-corrected chi connectivity index (χ1v) is 7.09. The SMILES string of the molecule is CC1CN(C)C(C)CC1Nc1ccc(NC(N)=O)cc1. The quantitative estimate of drug-likeness (QED) is 0.793. The number of rotatable bonds is 3. The van der Waals surface area contributed by atoms with Gasteiger partial charge in [-0.05, 0) is 50.6 Å². The van der Waals surface area contributed by atoms with Gasteiger partial charge in [0, 0.05) is 30.0 Å². The van der Waals surface area contributed by atoms with E-state index < -0.39 is 6.03 Å². The third-order valence-corrected chi connectivity index (χ3v) is 4.11. The number of nitrogens with one attached hydrogen (secondary N) is 2. The van der Waals surface area contributed by atoms with Gasteiger partial charge in [0.05, 0.1) is 0 Å². The molecule has 2 rings (SSSR count). The lowest BCUT2D eigenvalue weighted by Crippen LogP contribution is -2.48. The van der Waals surface area contributed by atoms with Gasteiger partial charge in [0.1, 0.15) is 0 Å². The van der Waals surface area contributed by atoms with Gasteiger partial charge < -0.3 is 21.3 Å². The van der Waals surface area contributed by atoms with Crippen LogP contribution < -0.4 is 16.4 Å². The third kappa shape index (κ3) is 3.63. The van der Waals surface area contributed by atoms with E-state index in [-0.39, 0.29) is 0 Å². The van der Waals surface area contributed by atoms with Crippen LogP contribution in [0.4, 0.5) is 16.2 Å². The van der Waals surface area contributed by atoms with Crippen molar-refractivity contribution >= 4 is 17.4 Å². The average Bonchev–Trinajstić information content (AvgIpc) is 2.37. The summed E-state index contributed by atoms with van der Waals surface area (Å²) in [5, 5.41) is 6.15. The van der Waals surface area contributed by atoms with Gasteiger partial charge in [-0.2, -0.15) is 0 Å². The molecule has 110 valence electrons. The van der Waals surface area contributed by atoms with Crippen LogP contribution in [-0.2, 0) is 0 Å². The molecule has 3 unspecified atom stereocenters. The number of piperidine rings is 1. The van der Waals surface area contributed by atoms with Crippen LogP contribution in [0.25, 0.3) is 0 Å². The molecule has 4 N–H and O–H groups in total. The number of urea groups is 1. The second-order valence-electron chi connectivity index (χ2n) is 5.82. The summed E-state index contributed by atoms with van der Waals surface area (Å²) < 4.78 is 0. The van der Waals surface area contributed by atoms with Crippen LogP contribution in [0.2, 0.25) is 0 Å². The van der Waals surface area contributed by atoms with Gasteiger partial charge in [-0.25, -0.2) is 4.79 Å². The number of nitrogens with zero attached hydrogens (tertiary/aromatic N) is 1. The Bertz CT molecular complexity index is 459. The van der Waals surface area contributed by atoms with Crippen LogP contribution in [-0.4, -0.2) is 36.6 Å². The molecule has 1 saturated heterocycles. The summed E-state index contributed by atoms with van der Waals surface area (Å²) in [4.78, 5) is 13.2. The fourth-order valence-electron chi connectivity index (χ4n) is 2.75. The average molecular weight is 276 g/mol. The minimum absolute atomic E-state index is 0.483. The van der Waals surface area contributed by atoms with Crippen molar-refractivity contribution < 1.29 is 4.79 Å². The van der Waals surface area contributed by atoms with E-state index >= 15 is 0 Å². The Morgan fingerprint density at radius 2 is 1.85 bits per heavy atom. The van der Waals surface area contributed by atoms with Gasteiger partial charge in [-0.15, -0.1) is 0 Å². The van der Waals surface area contributed by atoms with Crippen LogP contribution in [0.15, 0.2) is 24.3 Å². The van der Waals surface area contributed by atoms with Crippen molar-refractivity contribution in [2.75, 3.05) is 24.2 Å². The second-order valence-corrected chi connectivity index (χ2v) is 5.82. The summed E-state index contributed by atoms with van der Waals surface area (Å²) in [5.41, 5.74) is 6.88. The van der Waals surface area contributed by atoms with Crippen molar-refractivity contribution in [2.45, 2.75) is 32.4 Å². The molecule has 20 heavy (non-hydrogen) atoms. The molecule has 0 saturated carbocycles. The van der Waals surface area contributed by atoms with E-state index in [9.17, 15) is 4.79 Å². The van der Waals surface area contributed by atoms with Crippen molar-refractivity contribution in [2.24, 2.45) is 11.7 Å². The Morgan fingerprint density at radius 1 is 1.25 bits per heavy atom. The molecule has 0 radical (unpaired) electrons. The predicted molar refractivity (Wildman–Crippen MR) is 82.9 cm³/mol. The number of hydrogen-bond acceptors (Lipinski definition) is 3. The molecule has 0 aliphatic carbocycles. The summed E-state index contributed by atoms with van der Waals surface area (Å²) in [6.45, 7) is 5.66. The summed E-state index contributed by atoms with van der Waals surface area (Å²) in [7, 11) is 2.18. The Morgan fingerprint density at radius 3 is 2.45 bits per heavy atom. The number of amides is 2. The van der Waals surface area contributed by atoms with Gasteiger partial charge >= 0.3 is 6.03 Å². The van der Waals surface area contributed by atoms with Crippen molar-refractivity contribution in [1.29, 1.82) is 0 Å². The van der Waals surface area contributed by atoms with Crippen molar-refractivity contribution in [3.8, 4) is 0 Å². The van der Waals surface area contributed by atoms with Gasteiger partial charge in [0.15, 0.2) is 0 Å². The van der Waals surface area contributed by atoms with E-state index in [1.165, 1.54) is 0 Å². The maximum absolute atomic E-state index is 10.8. The van der Waals surface area contributed by atoms with E-state index in [0.717, 1.165) is 18.7 Å². The number of likely N-dealkylation sites (tertiary alicyclic amines) is 1. The Hall–Kier alpha value is -1.75. The van der Waals surface area contributed by atoms with Crippen molar-refractivity contribution in [1.82, 2.24) is 4.90 Å². The molecule has 1 aromatic carbocycles. The number of carbonyl (C=O) groups excluding carboxylic acids is 1. The summed E-state index contributed by atoms with van der Waals surface area (Å²) in [6.07, 6.45) is 1.14. The largest absolute Gasteiger partial charge is 0.382 e. The number of carbonyl (C=O) groups is 1. The lowest BCUT2D eigenvalue weighted by Gasteiger charge is -2.40. The molecular weight excluding hydrogens is 252 g/mol. The van der Waals surface area contributed by atoms with Gasteiger partial charge in [-0.1, -0.05) is 6.92 Å². The maximum atomic E-state index is 10.8. The smallest absolute Gasteiger partial charge is 0.316 e. The second kappa shape index (κ2) is 6.13. The van der Waals surface area contributed by atoms with Crippen LogP contribution in [0.5, 0.6) is 0 Å². The minimum Gasteiger partial charge on any atom is -0.382 e. The first kappa shape index (κ1) is 14.7. The summed E-state index contributed by atoms with van der Waals surface area (Å²) in [5.74, 6) is 0.611. The molecule has 2 amide bonds. The fraction of sp³-hybridized carbons (Fsp3) is 0.533. The Balaban J connectivity index is 1.97. The highest BCUT2D eigenvalue weighted by Crippen LogP contribution is 2.24. The third-order valence-electron chi connectivity index (χ3n) is 4.11. The van der Waals surface area contributed by atoms with Crippen molar-refractivity contribution in [3.05, 3.63) is 24.3 Å². The van der Waals surface area contributed by atoms with E-state index in [0.29, 0.717) is 23.7 Å². The molecule has 5 nitrogen and oxygen atoms in total. The van der Waals surface area contributed by atoms with Crippen LogP contribution in [0, 0.1) is 5.92 Å². The van der Waals surface area contributed by atoms with E-state index in [2.05, 4.69) is 36.4 Å². The Kier molecular flexibility index (Phi) is 4.49. The lowest BCUT2D eigenvalue weighted by molar-refractivity contribution is 0.145. The van der Waals surface area contributed by atoms with Crippen LogP contribution in [0.1, 0.15) is 20.3 Å². The molecule has 1 aliphatic rings. The molecule has 0 spiro atoms. The molecule has 1 aromatic rings. The highest BCUT2D eigenvalue weighted by atomic mass is 16.2. The maximum Gasteiger partial charge on any atom is 0.316 e. The zero-order chi connectivity index (χ0) is 14.7. The van der Waals surface area contributed by atoms with E-state index in [4.69, 9.17) is 5.73 Å². The van der Waals surface area contributed by atoms with Gasteiger partial charge in [0.2, 0.25) is 0 Å². The fourth-order valence-corrected chi connectivity index (χ4v) is 2.75. The number of hydrogen-bond donors (Lipinski definition) is 3. The molecule has 1 fully saturated rings. The monoisotopic (exact) mass is 276 g/mol. The molecule has 0 bridgehead atoms. The zero-order valence-corrected chi connectivity index (χ0v) is 12.4. The van der Waals surface area contributed by atoms with Crippen LogP contribution >= 0.6 is 0 Å². The molecule has 5 heteroatoms. The van der Waals surface area contributed by atoms with Crippen molar-refractivity contribution in [3.63, 3.8) is 0 Å². The number of benzene rings is 1. The predicted octanol–water partition coefficient (Wildman–Crippen LogP) is 2.32. The topological polar surface area (TPSA) is 70.4 Å². The normalized spacial score (nSPS) is 27.1. The first-order valence-electron chi connectivity index (χ1n) is 7.09. The number of nitrogens with two attached hydrogens (primary N) is 1. The summed E-state index contributed by atoms with van der Waals surface area (Å²) in [6, 6.07) is 8.20. The molecular formula is C15H24N4O. The lowest BCUT2D eigenvalue weighted by atomic mass is 9.89. The molecule has 1 aliphatic heterocycles.